The molecule has 1 saturated carbocycles. The summed E-state index contributed by atoms with van der Waals surface area (Å²) in [6.45, 7) is 1.45. The van der Waals surface area contributed by atoms with Crippen LogP contribution < -0.4 is 15.0 Å². The Morgan fingerprint density at radius 2 is 2.06 bits per heavy atom. The number of benzene rings is 1. The van der Waals surface area contributed by atoms with Crippen LogP contribution in [0.2, 0.25) is 0 Å². The summed E-state index contributed by atoms with van der Waals surface area (Å²) < 4.78 is 11.1. The van der Waals surface area contributed by atoms with Gasteiger partial charge in [-0.1, -0.05) is 6.07 Å². The molecule has 1 fully saturated rings. The number of hydroxylamine groups is 1. The molecule has 4 heteroatoms. The highest BCUT2D eigenvalue weighted by molar-refractivity contribution is 5.42. The fourth-order valence-corrected chi connectivity index (χ4v) is 1.59. The van der Waals surface area contributed by atoms with Crippen LogP contribution in [0.3, 0.4) is 0 Å². The van der Waals surface area contributed by atoms with Gasteiger partial charge in [-0.05, 0) is 36.5 Å². The zero-order valence-electron chi connectivity index (χ0n) is 10.4. The molecule has 1 N–H and O–H groups in total. The summed E-state index contributed by atoms with van der Waals surface area (Å²) in [7, 11) is 3.26. The summed E-state index contributed by atoms with van der Waals surface area (Å²) in [6.07, 6.45) is 2.58. The van der Waals surface area contributed by atoms with E-state index >= 15 is 0 Å². The van der Waals surface area contributed by atoms with Gasteiger partial charge in [0.2, 0.25) is 0 Å². The van der Waals surface area contributed by atoms with Crippen LogP contribution in [-0.2, 0) is 11.4 Å². The van der Waals surface area contributed by atoms with Crippen LogP contribution in [-0.4, -0.2) is 20.8 Å². The Hall–Kier alpha value is -1.26. The summed E-state index contributed by atoms with van der Waals surface area (Å²) >= 11 is 0. The Balaban J connectivity index is 1.98. The maximum atomic E-state index is 5.73. The van der Waals surface area contributed by atoms with Gasteiger partial charge in [0.1, 0.15) is 0 Å². The first kappa shape index (κ1) is 12.2. The smallest absolute Gasteiger partial charge is 0.161 e. The van der Waals surface area contributed by atoms with E-state index in [0.717, 1.165) is 29.6 Å². The molecule has 0 amide bonds. The lowest BCUT2D eigenvalue weighted by atomic mass is 10.2. The number of rotatable bonds is 7. The SMILES string of the molecule is CONCc1ccc(OCC2CC2)c(OC)c1. The van der Waals surface area contributed by atoms with Crippen molar-refractivity contribution < 1.29 is 14.3 Å². The fraction of sp³-hybridized carbons (Fsp3) is 0.538. The van der Waals surface area contributed by atoms with Crippen molar-refractivity contribution in [3.63, 3.8) is 0 Å². The maximum absolute atomic E-state index is 5.73. The normalized spacial score (nSPS) is 14.7. The lowest BCUT2D eigenvalue weighted by Crippen LogP contribution is -2.11. The van der Waals surface area contributed by atoms with Gasteiger partial charge < -0.3 is 14.3 Å². The van der Waals surface area contributed by atoms with Gasteiger partial charge in [-0.15, -0.1) is 0 Å². The van der Waals surface area contributed by atoms with Crippen molar-refractivity contribution in [2.24, 2.45) is 5.92 Å². The second kappa shape index (κ2) is 5.89. The van der Waals surface area contributed by atoms with Crippen molar-refractivity contribution >= 4 is 0 Å². The molecule has 0 aromatic heterocycles. The van der Waals surface area contributed by atoms with E-state index in [9.17, 15) is 0 Å². The van der Waals surface area contributed by atoms with E-state index in [2.05, 4.69) is 5.48 Å². The minimum absolute atomic E-state index is 0.649. The highest BCUT2D eigenvalue weighted by atomic mass is 16.6. The number of ether oxygens (including phenoxy) is 2. The van der Waals surface area contributed by atoms with Gasteiger partial charge in [0.15, 0.2) is 11.5 Å². The van der Waals surface area contributed by atoms with E-state index in [4.69, 9.17) is 14.3 Å². The standard InChI is InChI=1S/C13H19NO3/c1-15-13-7-11(8-14-16-2)5-6-12(13)17-9-10-3-4-10/h5-7,10,14H,3-4,8-9H2,1-2H3. The predicted molar refractivity (Wildman–Crippen MR) is 65.1 cm³/mol. The van der Waals surface area contributed by atoms with Crippen molar-refractivity contribution in [1.29, 1.82) is 0 Å². The number of methoxy groups -OCH3 is 1. The molecule has 94 valence electrons. The van der Waals surface area contributed by atoms with Gasteiger partial charge in [-0.2, -0.15) is 5.48 Å². The van der Waals surface area contributed by atoms with Gasteiger partial charge in [0.05, 0.1) is 20.8 Å². The molecule has 0 spiro atoms. The van der Waals surface area contributed by atoms with Crippen LogP contribution in [0.15, 0.2) is 18.2 Å². The van der Waals surface area contributed by atoms with Crippen LogP contribution >= 0.6 is 0 Å². The predicted octanol–water partition coefficient (Wildman–Crippen LogP) is 2.13. The fourth-order valence-electron chi connectivity index (χ4n) is 1.59. The van der Waals surface area contributed by atoms with Crippen LogP contribution in [0.4, 0.5) is 0 Å². The minimum atomic E-state index is 0.649. The van der Waals surface area contributed by atoms with Crippen LogP contribution in [0.25, 0.3) is 0 Å². The molecule has 4 nitrogen and oxygen atoms in total. The summed E-state index contributed by atoms with van der Waals surface area (Å²) in [5.74, 6) is 2.34. The first-order chi connectivity index (χ1) is 8.33. The highest BCUT2D eigenvalue weighted by Gasteiger charge is 2.22. The third-order valence-corrected chi connectivity index (χ3v) is 2.82. The second-order valence-electron chi connectivity index (χ2n) is 4.26. The third-order valence-electron chi connectivity index (χ3n) is 2.82. The Bertz CT molecular complexity index is 364. The Labute approximate surface area is 102 Å². The summed E-state index contributed by atoms with van der Waals surface area (Å²) in [5, 5.41) is 0. The molecule has 0 radical (unpaired) electrons. The van der Waals surface area contributed by atoms with E-state index in [0.29, 0.717) is 6.54 Å². The van der Waals surface area contributed by atoms with Crippen LogP contribution in [0, 0.1) is 5.92 Å². The molecule has 0 heterocycles. The first-order valence-electron chi connectivity index (χ1n) is 5.89. The van der Waals surface area contributed by atoms with Crippen molar-refractivity contribution in [3.05, 3.63) is 23.8 Å². The van der Waals surface area contributed by atoms with Crippen molar-refractivity contribution in [2.45, 2.75) is 19.4 Å². The van der Waals surface area contributed by atoms with E-state index < -0.39 is 0 Å². The zero-order valence-corrected chi connectivity index (χ0v) is 10.4. The molecule has 0 atom stereocenters. The van der Waals surface area contributed by atoms with Gasteiger partial charge in [0.25, 0.3) is 0 Å². The molecular formula is C13H19NO3. The van der Waals surface area contributed by atoms with Crippen molar-refractivity contribution in [1.82, 2.24) is 5.48 Å². The quantitative estimate of drug-likeness (QED) is 0.737. The average Bonchev–Trinajstić information content (AvgIpc) is 3.18. The lowest BCUT2D eigenvalue weighted by molar-refractivity contribution is 0.0866. The number of hydrogen-bond donors (Lipinski definition) is 1. The Kier molecular flexibility index (Phi) is 4.23. The number of nitrogens with one attached hydrogen (secondary N) is 1. The molecule has 0 unspecified atom stereocenters. The maximum Gasteiger partial charge on any atom is 0.161 e. The second-order valence-corrected chi connectivity index (χ2v) is 4.26. The molecular weight excluding hydrogens is 218 g/mol. The third kappa shape index (κ3) is 3.61. The highest BCUT2D eigenvalue weighted by Crippen LogP contribution is 2.33. The van der Waals surface area contributed by atoms with E-state index in [1.54, 1.807) is 14.2 Å². The van der Waals surface area contributed by atoms with Crippen molar-refractivity contribution in [2.75, 3.05) is 20.8 Å². The van der Waals surface area contributed by atoms with E-state index in [1.165, 1.54) is 12.8 Å². The summed E-state index contributed by atoms with van der Waals surface area (Å²) in [4.78, 5) is 4.81. The Morgan fingerprint density at radius 1 is 1.24 bits per heavy atom. The molecule has 0 bridgehead atoms. The lowest BCUT2D eigenvalue weighted by Gasteiger charge is -2.12. The molecule has 17 heavy (non-hydrogen) atoms. The van der Waals surface area contributed by atoms with Gasteiger partial charge in [-0.25, -0.2) is 0 Å². The van der Waals surface area contributed by atoms with Gasteiger partial charge >= 0.3 is 0 Å². The van der Waals surface area contributed by atoms with Gasteiger partial charge in [0, 0.05) is 6.54 Å². The largest absolute Gasteiger partial charge is 0.493 e. The monoisotopic (exact) mass is 237 g/mol. The molecule has 1 aromatic rings. The average molecular weight is 237 g/mol. The first-order valence-corrected chi connectivity index (χ1v) is 5.89. The van der Waals surface area contributed by atoms with E-state index in [-0.39, 0.29) is 0 Å². The van der Waals surface area contributed by atoms with Crippen LogP contribution in [0.5, 0.6) is 11.5 Å². The molecule has 2 rings (SSSR count). The Morgan fingerprint density at radius 3 is 2.71 bits per heavy atom. The van der Waals surface area contributed by atoms with Gasteiger partial charge in [-0.3, -0.25) is 0 Å². The summed E-state index contributed by atoms with van der Waals surface area (Å²) in [6, 6.07) is 5.93. The zero-order chi connectivity index (χ0) is 12.1. The molecule has 0 aliphatic heterocycles. The van der Waals surface area contributed by atoms with Crippen LogP contribution in [0.1, 0.15) is 18.4 Å². The molecule has 1 aliphatic rings. The molecule has 0 saturated heterocycles. The molecule has 1 aromatic carbocycles. The topological polar surface area (TPSA) is 39.7 Å². The summed E-state index contributed by atoms with van der Waals surface area (Å²) in [5.41, 5.74) is 3.90. The van der Waals surface area contributed by atoms with Crippen molar-refractivity contribution in [3.8, 4) is 11.5 Å². The number of hydrogen-bond acceptors (Lipinski definition) is 4. The minimum Gasteiger partial charge on any atom is -0.493 e. The van der Waals surface area contributed by atoms with E-state index in [1.807, 2.05) is 18.2 Å². The molecule has 1 aliphatic carbocycles.